The highest BCUT2D eigenvalue weighted by Crippen LogP contribution is 2.06. The molecule has 2 rings (SSSR count). The van der Waals surface area contributed by atoms with E-state index in [9.17, 15) is 13.6 Å². The predicted octanol–water partition coefficient (Wildman–Crippen LogP) is 2.80. The van der Waals surface area contributed by atoms with Crippen LogP contribution in [-0.2, 0) is 17.8 Å². The number of rotatable bonds is 8. The van der Waals surface area contributed by atoms with Gasteiger partial charge in [0.1, 0.15) is 11.6 Å². The van der Waals surface area contributed by atoms with Crippen LogP contribution in [0.3, 0.4) is 0 Å². The Morgan fingerprint density at radius 2 is 1.48 bits per heavy atom. The van der Waals surface area contributed by atoms with E-state index in [1.807, 2.05) is 0 Å². The maximum Gasteiger partial charge on any atom is 0.221 e. The molecule has 0 aliphatic heterocycles. The molecule has 2 aromatic carbocycles. The zero-order valence-corrected chi connectivity index (χ0v) is 12.8. The van der Waals surface area contributed by atoms with Gasteiger partial charge in [-0.25, -0.2) is 8.78 Å². The molecule has 0 atom stereocenters. The SMILES string of the molecule is O=C(CCNCCc1ccccc1F)NCc1ccccc1F. The quantitative estimate of drug-likeness (QED) is 0.735. The number of halogens is 2. The molecule has 122 valence electrons. The number of amides is 1. The van der Waals surface area contributed by atoms with Crippen molar-refractivity contribution in [3.8, 4) is 0 Å². The Bertz CT molecular complexity index is 646. The maximum absolute atomic E-state index is 13.4. The fourth-order valence-electron chi connectivity index (χ4n) is 2.18. The Balaban J connectivity index is 1.60. The molecule has 1 amide bonds. The van der Waals surface area contributed by atoms with Crippen LogP contribution in [-0.4, -0.2) is 19.0 Å². The van der Waals surface area contributed by atoms with E-state index in [1.54, 1.807) is 36.4 Å². The lowest BCUT2D eigenvalue weighted by molar-refractivity contribution is -0.121. The van der Waals surface area contributed by atoms with Crippen LogP contribution in [0.2, 0.25) is 0 Å². The summed E-state index contributed by atoms with van der Waals surface area (Å²) in [6.45, 7) is 1.28. The summed E-state index contributed by atoms with van der Waals surface area (Å²) >= 11 is 0. The van der Waals surface area contributed by atoms with Gasteiger partial charge >= 0.3 is 0 Å². The molecular formula is C18H20F2N2O. The van der Waals surface area contributed by atoms with Crippen molar-refractivity contribution in [1.82, 2.24) is 10.6 Å². The van der Waals surface area contributed by atoms with Crippen molar-refractivity contribution in [1.29, 1.82) is 0 Å². The van der Waals surface area contributed by atoms with E-state index in [4.69, 9.17) is 0 Å². The third-order valence-electron chi connectivity index (χ3n) is 3.49. The summed E-state index contributed by atoms with van der Waals surface area (Å²) in [6.07, 6.45) is 0.870. The van der Waals surface area contributed by atoms with E-state index >= 15 is 0 Å². The third kappa shape index (κ3) is 5.79. The Morgan fingerprint density at radius 3 is 2.13 bits per heavy atom. The number of carbonyl (C=O) groups excluding carboxylic acids is 1. The van der Waals surface area contributed by atoms with Crippen LogP contribution >= 0.6 is 0 Å². The Labute approximate surface area is 134 Å². The Kier molecular flexibility index (Phi) is 6.69. The normalized spacial score (nSPS) is 10.5. The van der Waals surface area contributed by atoms with Crippen LogP contribution in [0.25, 0.3) is 0 Å². The van der Waals surface area contributed by atoms with Gasteiger partial charge < -0.3 is 10.6 Å². The minimum absolute atomic E-state index is 0.147. The summed E-state index contributed by atoms with van der Waals surface area (Å²) in [5, 5.41) is 5.78. The van der Waals surface area contributed by atoms with Gasteiger partial charge in [0.2, 0.25) is 5.91 Å². The number of hydrogen-bond acceptors (Lipinski definition) is 2. The van der Waals surface area contributed by atoms with Crippen LogP contribution < -0.4 is 10.6 Å². The summed E-state index contributed by atoms with van der Waals surface area (Å²) in [4.78, 5) is 11.7. The van der Waals surface area contributed by atoms with Crippen molar-refractivity contribution in [2.24, 2.45) is 0 Å². The van der Waals surface area contributed by atoms with Gasteiger partial charge in [0, 0.05) is 25.1 Å². The fourth-order valence-corrected chi connectivity index (χ4v) is 2.18. The molecule has 3 nitrogen and oxygen atoms in total. The van der Waals surface area contributed by atoms with Gasteiger partial charge in [0.15, 0.2) is 0 Å². The second-order valence-electron chi connectivity index (χ2n) is 5.21. The molecular weight excluding hydrogens is 298 g/mol. The predicted molar refractivity (Wildman–Crippen MR) is 85.8 cm³/mol. The van der Waals surface area contributed by atoms with Gasteiger partial charge in [0.25, 0.3) is 0 Å². The maximum atomic E-state index is 13.4. The first-order valence-electron chi connectivity index (χ1n) is 7.61. The standard InChI is InChI=1S/C18H20F2N2O/c19-16-7-3-1-5-14(16)9-11-21-12-10-18(23)22-13-15-6-2-4-8-17(15)20/h1-8,21H,9-13H2,(H,22,23). The highest BCUT2D eigenvalue weighted by molar-refractivity contribution is 5.76. The molecule has 0 saturated carbocycles. The van der Waals surface area contributed by atoms with Gasteiger partial charge in [-0.2, -0.15) is 0 Å². The van der Waals surface area contributed by atoms with E-state index in [2.05, 4.69) is 10.6 Å². The minimum atomic E-state index is -0.323. The summed E-state index contributed by atoms with van der Waals surface area (Å²) < 4.78 is 26.8. The van der Waals surface area contributed by atoms with E-state index in [1.165, 1.54) is 12.1 Å². The van der Waals surface area contributed by atoms with Crippen molar-refractivity contribution in [3.05, 3.63) is 71.3 Å². The number of nitrogens with one attached hydrogen (secondary N) is 2. The molecule has 0 unspecified atom stereocenters. The van der Waals surface area contributed by atoms with Crippen LogP contribution in [0.1, 0.15) is 17.5 Å². The van der Waals surface area contributed by atoms with Gasteiger partial charge in [-0.15, -0.1) is 0 Å². The largest absolute Gasteiger partial charge is 0.352 e. The van der Waals surface area contributed by atoms with Crippen molar-refractivity contribution in [2.45, 2.75) is 19.4 Å². The molecule has 5 heteroatoms. The van der Waals surface area contributed by atoms with E-state index in [0.29, 0.717) is 37.1 Å². The van der Waals surface area contributed by atoms with Crippen molar-refractivity contribution < 1.29 is 13.6 Å². The van der Waals surface area contributed by atoms with Crippen molar-refractivity contribution in [2.75, 3.05) is 13.1 Å². The van der Waals surface area contributed by atoms with Gasteiger partial charge in [-0.3, -0.25) is 4.79 Å². The molecule has 0 radical (unpaired) electrons. The molecule has 2 aromatic rings. The molecule has 0 aliphatic carbocycles. The highest BCUT2D eigenvalue weighted by atomic mass is 19.1. The monoisotopic (exact) mass is 318 g/mol. The van der Waals surface area contributed by atoms with Crippen molar-refractivity contribution in [3.63, 3.8) is 0 Å². The molecule has 0 aliphatic rings. The molecule has 23 heavy (non-hydrogen) atoms. The van der Waals surface area contributed by atoms with Crippen LogP contribution in [0.5, 0.6) is 0 Å². The molecule has 0 saturated heterocycles. The zero-order chi connectivity index (χ0) is 16.5. The lowest BCUT2D eigenvalue weighted by atomic mass is 10.1. The molecule has 0 heterocycles. The highest BCUT2D eigenvalue weighted by Gasteiger charge is 2.04. The van der Waals surface area contributed by atoms with Gasteiger partial charge in [-0.05, 0) is 30.7 Å². The first kappa shape index (κ1) is 17.1. The summed E-state index contributed by atoms with van der Waals surface area (Å²) in [7, 11) is 0. The first-order chi connectivity index (χ1) is 11.2. The van der Waals surface area contributed by atoms with E-state index in [0.717, 1.165) is 0 Å². The second-order valence-corrected chi connectivity index (χ2v) is 5.21. The average Bonchev–Trinajstić information content (AvgIpc) is 2.55. The summed E-state index contributed by atoms with van der Waals surface area (Å²) in [5.74, 6) is -0.681. The number of carbonyl (C=O) groups is 1. The molecule has 0 spiro atoms. The van der Waals surface area contributed by atoms with E-state index < -0.39 is 0 Å². The lowest BCUT2D eigenvalue weighted by Gasteiger charge is -2.08. The van der Waals surface area contributed by atoms with Crippen molar-refractivity contribution >= 4 is 5.91 Å². The fraction of sp³-hybridized carbons (Fsp3) is 0.278. The lowest BCUT2D eigenvalue weighted by Crippen LogP contribution is -2.28. The smallest absolute Gasteiger partial charge is 0.221 e. The second kappa shape index (κ2) is 9.00. The van der Waals surface area contributed by atoms with Gasteiger partial charge in [-0.1, -0.05) is 36.4 Å². The molecule has 0 fully saturated rings. The zero-order valence-electron chi connectivity index (χ0n) is 12.8. The number of hydrogen-bond donors (Lipinski definition) is 2. The number of benzene rings is 2. The third-order valence-corrected chi connectivity index (χ3v) is 3.49. The average molecular weight is 318 g/mol. The minimum Gasteiger partial charge on any atom is -0.352 e. The Morgan fingerprint density at radius 1 is 0.870 bits per heavy atom. The Hall–Kier alpha value is -2.27. The summed E-state index contributed by atoms with van der Waals surface area (Å²) in [6, 6.07) is 13.0. The first-order valence-corrected chi connectivity index (χ1v) is 7.61. The summed E-state index contributed by atoms with van der Waals surface area (Å²) in [5.41, 5.74) is 1.12. The topological polar surface area (TPSA) is 41.1 Å². The molecule has 2 N–H and O–H groups in total. The molecule has 0 aromatic heterocycles. The van der Waals surface area contributed by atoms with E-state index in [-0.39, 0.29) is 24.1 Å². The van der Waals surface area contributed by atoms with Crippen LogP contribution in [0, 0.1) is 11.6 Å². The van der Waals surface area contributed by atoms with Crippen LogP contribution in [0.15, 0.2) is 48.5 Å². The van der Waals surface area contributed by atoms with Gasteiger partial charge in [0.05, 0.1) is 0 Å². The van der Waals surface area contributed by atoms with Crippen LogP contribution in [0.4, 0.5) is 8.78 Å². The molecule has 0 bridgehead atoms.